The van der Waals surface area contributed by atoms with Gasteiger partial charge in [0, 0.05) is 12.1 Å². The Labute approximate surface area is 76.2 Å². The molecule has 0 unspecified atom stereocenters. The Bertz CT molecular complexity index is 328. The minimum Gasteiger partial charge on any atom is -0.480 e. The van der Waals surface area contributed by atoms with Crippen LogP contribution in [-0.4, -0.2) is 20.9 Å². The van der Waals surface area contributed by atoms with E-state index in [9.17, 15) is 4.79 Å². The van der Waals surface area contributed by atoms with Crippen molar-refractivity contribution in [2.45, 2.75) is 31.7 Å². The van der Waals surface area contributed by atoms with Gasteiger partial charge in [-0.1, -0.05) is 0 Å². The molecule has 1 aliphatic rings. The Morgan fingerprint density at radius 3 is 3.00 bits per heavy atom. The van der Waals surface area contributed by atoms with Crippen LogP contribution in [0.1, 0.15) is 37.4 Å². The molecule has 1 atom stereocenters. The fourth-order valence-electron chi connectivity index (χ4n) is 1.28. The van der Waals surface area contributed by atoms with Crippen molar-refractivity contribution in [2.75, 3.05) is 0 Å². The summed E-state index contributed by atoms with van der Waals surface area (Å²) in [6.45, 7) is 1.63. The Balaban J connectivity index is 2.16. The molecular weight excluding hydrogens is 168 g/mol. The molecule has 0 aliphatic heterocycles. The zero-order valence-electron chi connectivity index (χ0n) is 7.47. The smallest absolute Gasteiger partial charge is 0.328 e. The van der Waals surface area contributed by atoms with Crippen molar-refractivity contribution >= 4 is 5.97 Å². The number of hydrogen-bond acceptors (Lipinski definition) is 2. The van der Waals surface area contributed by atoms with E-state index in [1.165, 1.54) is 17.5 Å². The number of aromatic nitrogens is 2. The Morgan fingerprint density at radius 2 is 2.46 bits per heavy atom. The van der Waals surface area contributed by atoms with Crippen LogP contribution in [0.4, 0.5) is 0 Å². The quantitative estimate of drug-likeness (QED) is 0.765. The van der Waals surface area contributed by atoms with E-state index in [-0.39, 0.29) is 0 Å². The lowest BCUT2D eigenvalue weighted by atomic mass is 10.3. The summed E-state index contributed by atoms with van der Waals surface area (Å²) in [5, 5.41) is 13.0. The maximum atomic E-state index is 10.6. The first-order chi connectivity index (χ1) is 6.18. The van der Waals surface area contributed by atoms with E-state index in [4.69, 9.17) is 5.11 Å². The number of carbonyl (C=O) groups is 1. The number of hydrogen-bond donors (Lipinski definition) is 1. The molecule has 2 rings (SSSR count). The molecule has 4 heteroatoms. The fraction of sp³-hybridized carbons (Fsp3) is 0.556. The molecule has 0 saturated heterocycles. The van der Waals surface area contributed by atoms with Gasteiger partial charge < -0.3 is 5.11 Å². The largest absolute Gasteiger partial charge is 0.480 e. The highest BCUT2D eigenvalue weighted by molar-refractivity contribution is 5.71. The summed E-state index contributed by atoms with van der Waals surface area (Å²) >= 11 is 0. The number of aliphatic carboxylic acids is 1. The summed E-state index contributed by atoms with van der Waals surface area (Å²) in [4.78, 5) is 10.6. The molecule has 1 fully saturated rings. The van der Waals surface area contributed by atoms with Crippen molar-refractivity contribution in [1.29, 1.82) is 0 Å². The van der Waals surface area contributed by atoms with Gasteiger partial charge in [-0.3, -0.25) is 4.68 Å². The van der Waals surface area contributed by atoms with Gasteiger partial charge >= 0.3 is 5.97 Å². The van der Waals surface area contributed by atoms with Crippen LogP contribution in [0.3, 0.4) is 0 Å². The molecule has 13 heavy (non-hydrogen) atoms. The Hall–Kier alpha value is -1.32. The van der Waals surface area contributed by atoms with Gasteiger partial charge in [0.2, 0.25) is 0 Å². The van der Waals surface area contributed by atoms with Crippen molar-refractivity contribution in [3.63, 3.8) is 0 Å². The van der Waals surface area contributed by atoms with Crippen molar-refractivity contribution in [3.05, 3.63) is 18.0 Å². The highest BCUT2D eigenvalue weighted by Gasteiger charge is 2.26. The van der Waals surface area contributed by atoms with Crippen LogP contribution in [0, 0.1) is 0 Å². The lowest BCUT2D eigenvalue weighted by Gasteiger charge is -2.05. The summed E-state index contributed by atoms with van der Waals surface area (Å²) in [7, 11) is 0. The van der Waals surface area contributed by atoms with Crippen molar-refractivity contribution in [1.82, 2.24) is 9.78 Å². The summed E-state index contributed by atoms with van der Waals surface area (Å²) < 4.78 is 1.51. The molecule has 0 bridgehead atoms. The number of rotatable bonds is 3. The van der Waals surface area contributed by atoms with Gasteiger partial charge in [-0.05, 0) is 25.8 Å². The predicted molar refractivity (Wildman–Crippen MR) is 46.5 cm³/mol. The number of nitrogens with zero attached hydrogens (tertiary/aromatic N) is 2. The van der Waals surface area contributed by atoms with Gasteiger partial charge in [0.1, 0.15) is 6.04 Å². The topological polar surface area (TPSA) is 55.1 Å². The standard InChI is InChI=1S/C9H12N2O2/c1-6(9(12)13)11-5-4-8(10-11)7-2-3-7/h4-7H,2-3H2,1H3,(H,12,13)/t6-/m1/s1. The summed E-state index contributed by atoms with van der Waals surface area (Å²) in [5.74, 6) is -0.257. The van der Waals surface area contributed by atoms with E-state index in [2.05, 4.69) is 5.10 Å². The molecular formula is C9H12N2O2. The Morgan fingerprint density at radius 1 is 1.77 bits per heavy atom. The minimum atomic E-state index is -0.842. The molecule has 70 valence electrons. The van der Waals surface area contributed by atoms with E-state index >= 15 is 0 Å². The molecule has 1 aromatic heterocycles. The predicted octanol–water partition coefficient (Wildman–Crippen LogP) is 1.41. The average molecular weight is 180 g/mol. The molecule has 0 radical (unpaired) electrons. The van der Waals surface area contributed by atoms with Gasteiger partial charge in [-0.2, -0.15) is 5.10 Å². The lowest BCUT2D eigenvalue weighted by Crippen LogP contribution is -2.16. The second-order valence-corrected chi connectivity index (χ2v) is 3.51. The minimum absolute atomic E-state index is 0.563. The molecule has 1 saturated carbocycles. The monoisotopic (exact) mass is 180 g/mol. The van der Waals surface area contributed by atoms with E-state index in [1.54, 1.807) is 13.1 Å². The second-order valence-electron chi connectivity index (χ2n) is 3.51. The lowest BCUT2D eigenvalue weighted by molar-refractivity contribution is -0.140. The van der Waals surface area contributed by atoms with Crippen LogP contribution in [-0.2, 0) is 4.79 Å². The van der Waals surface area contributed by atoms with Gasteiger partial charge in [-0.15, -0.1) is 0 Å². The van der Waals surface area contributed by atoms with Gasteiger partial charge in [-0.25, -0.2) is 4.79 Å². The first-order valence-electron chi connectivity index (χ1n) is 4.46. The molecule has 0 amide bonds. The van der Waals surface area contributed by atoms with Crippen molar-refractivity contribution < 1.29 is 9.90 Å². The van der Waals surface area contributed by atoms with Crippen LogP contribution in [0.5, 0.6) is 0 Å². The molecule has 0 aromatic carbocycles. The molecule has 1 aromatic rings. The zero-order valence-corrected chi connectivity index (χ0v) is 7.47. The third kappa shape index (κ3) is 1.56. The summed E-state index contributed by atoms with van der Waals surface area (Å²) in [5.41, 5.74) is 1.04. The summed E-state index contributed by atoms with van der Waals surface area (Å²) in [6, 6.07) is 1.35. The first kappa shape index (κ1) is 8.29. The third-order valence-electron chi connectivity index (χ3n) is 2.38. The second kappa shape index (κ2) is 2.87. The van der Waals surface area contributed by atoms with E-state index in [0.29, 0.717) is 5.92 Å². The molecule has 0 spiro atoms. The van der Waals surface area contributed by atoms with Crippen LogP contribution in [0.25, 0.3) is 0 Å². The van der Waals surface area contributed by atoms with Crippen molar-refractivity contribution in [2.24, 2.45) is 0 Å². The molecule has 1 heterocycles. The number of carboxylic acid groups (broad SMARTS) is 1. The summed E-state index contributed by atoms with van der Waals surface area (Å²) in [6.07, 6.45) is 4.13. The highest BCUT2D eigenvalue weighted by Crippen LogP contribution is 2.38. The maximum Gasteiger partial charge on any atom is 0.328 e. The zero-order chi connectivity index (χ0) is 9.42. The van der Waals surface area contributed by atoms with Crippen LogP contribution < -0.4 is 0 Å². The SMILES string of the molecule is C[C@H](C(=O)O)n1ccc(C2CC2)n1. The molecule has 1 aliphatic carbocycles. The van der Waals surface area contributed by atoms with Gasteiger partial charge in [0.05, 0.1) is 5.69 Å². The van der Waals surface area contributed by atoms with E-state index < -0.39 is 12.0 Å². The van der Waals surface area contributed by atoms with Crippen molar-refractivity contribution in [3.8, 4) is 0 Å². The van der Waals surface area contributed by atoms with Crippen LogP contribution >= 0.6 is 0 Å². The first-order valence-corrected chi connectivity index (χ1v) is 4.46. The average Bonchev–Trinajstić information content (AvgIpc) is 2.83. The van der Waals surface area contributed by atoms with E-state index in [1.807, 2.05) is 6.07 Å². The normalized spacial score (nSPS) is 18.5. The van der Waals surface area contributed by atoms with E-state index in [0.717, 1.165) is 5.69 Å². The van der Waals surface area contributed by atoms with Crippen LogP contribution in [0.2, 0.25) is 0 Å². The number of carboxylic acids is 1. The molecule has 1 N–H and O–H groups in total. The Kier molecular flexibility index (Phi) is 1.83. The third-order valence-corrected chi connectivity index (χ3v) is 2.38. The maximum absolute atomic E-state index is 10.6. The molecule has 4 nitrogen and oxygen atoms in total. The van der Waals surface area contributed by atoms with Crippen LogP contribution in [0.15, 0.2) is 12.3 Å². The highest BCUT2D eigenvalue weighted by atomic mass is 16.4. The fourth-order valence-corrected chi connectivity index (χ4v) is 1.28. The van der Waals surface area contributed by atoms with Gasteiger partial charge in [0.15, 0.2) is 0 Å². The van der Waals surface area contributed by atoms with Gasteiger partial charge in [0.25, 0.3) is 0 Å².